The third-order valence-electron chi connectivity index (χ3n) is 2.69. The highest BCUT2D eigenvalue weighted by Crippen LogP contribution is 2.17. The lowest BCUT2D eigenvalue weighted by Crippen LogP contribution is -2.27. The largest absolute Gasteiger partial charge is 0.381 e. The molecular formula is C11H20N2O. The molecule has 0 bridgehead atoms. The number of nitriles is 1. The molecule has 1 fully saturated rings. The maximum absolute atomic E-state index is 8.81. The standard InChI is InChI=1S/C11H20N2O/c1-11(2,9-12)4-5-13-7-10-3-6-14-8-10/h10,13H,3-8H2,1-2H3. The fourth-order valence-electron chi connectivity index (χ4n) is 1.51. The van der Waals surface area contributed by atoms with Crippen LogP contribution in [0, 0.1) is 22.7 Å². The second-order valence-electron chi connectivity index (χ2n) is 4.68. The molecule has 0 aromatic carbocycles. The molecule has 0 spiro atoms. The normalized spacial score (nSPS) is 22.2. The van der Waals surface area contributed by atoms with Crippen molar-refractivity contribution >= 4 is 0 Å². The van der Waals surface area contributed by atoms with E-state index >= 15 is 0 Å². The van der Waals surface area contributed by atoms with Gasteiger partial charge in [0.15, 0.2) is 0 Å². The molecule has 3 heteroatoms. The van der Waals surface area contributed by atoms with Crippen LogP contribution in [0.2, 0.25) is 0 Å². The zero-order valence-corrected chi connectivity index (χ0v) is 9.18. The van der Waals surface area contributed by atoms with Crippen molar-refractivity contribution in [1.82, 2.24) is 5.32 Å². The highest BCUT2D eigenvalue weighted by Gasteiger charge is 2.17. The first-order valence-electron chi connectivity index (χ1n) is 5.34. The number of nitrogens with one attached hydrogen (secondary N) is 1. The lowest BCUT2D eigenvalue weighted by atomic mass is 9.91. The number of hydrogen-bond acceptors (Lipinski definition) is 3. The summed E-state index contributed by atoms with van der Waals surface area (Å²) in [5.74, 6) is 0.681. The molecule has 1 aliphatic rings. The van der Waals surface area contributed by atoms with Crippen molar-refractivity contribution < 1.29 is 4.74 Å². The first kappa shape index (κ1) is 11.5. The Hall–Kier alpha value is -0.590. The van der Waals surface area contributed by atoms with Gasteiger partial charge in [0.25, 0.3) is 0 Å². The molecule has 1 unspecified atom stereocenters. The number of nitrogens with zero attached hydrogens (tertiary/aromatic N) is 1. The molecule has 80 valence electrons. The van der Waals surface area contributed by atoms with E-state index in [1.54, 1.807) is 0 Å². The lowest BCUT2D eigenvalue weighted by Gasteiger charge is -2.16. The minimum atomic E-state index is -0.195. The van der Waals surface area contributed by atoms with Gasteiger partial charge in [0.05, 0.1) is 18.1 Å². The van der Waals surface area contributed by atoms with Crippen molar-refractivity contribution in [3.8, 4) is 6.07 Å². The highest BCUT2D eigenvalue weighted by molar-refractivity contribution is 4.91. The minimum Gasteiger partial charge on any atom is -0.381 e. The van der Waals surface area contributed by atoms with Crippen LogP contribution in [-0.4, -0.2) is 26.3 Å². The van der Waals surface area contributed by atoms with Crippen LogP contribution in [0.1, 0.15) is 26.7 Å². The summed E-state index contributed by atoms with van der Waals surface area (Å²) in [5.41, 5.74) is -0.195. The Morgan fingerprint density at radius 3 is 2.93 bits per heavy atom. The van der Waals surface area contributed by atoms with Gasteiger partial charge in [0.2, 0.25) is 0 Å². The molecule has 14 heavy (non-hydrogen) atoms. The highest BCUT2D eigenvalue weighted by atomic mass is 16.5. The zero-order chi connectivity index (χ0) is 10.4. The molecule has 0 radical (unpaired) electrons. The monoisotopic (exact) mass is 196 g/mol. The molecule has 1 aliphatic heterocycles. The number of hydrogen-bond donors (Lipinski definition) is 1. The lowest BCUT2D eigenvalue weighted by molar-refractivity contribution is 0.185. The maximum atomic E-state index is 8.81. The Kier molecular flexibility index (Phi) is 4.37. The summed E-state index contributed by atoms with van der Waals surface area (Å²) in [6.45, 7) is 7.73. The Morgan fingerprint density at radius 2 is 2.36 bits per heavy atom. The number of ether oxygens (including phenoxy) is 1. The Morgan fingerprint density at radius 1 is 1.57 bits per heavy atom. The summed E-state index contributed by atoms with van der Waals surface area (Å²) in [7, 11) is 0. The van der Waals surface area contributed by atoms with Gasteiger partial charge in [-0.3, -0.25) is 0 Å². The van der Waals surface area contributed by atoms with E-state index in [-0.39, 0.29) is 5.41 Å². The Bertz CT molecular complexity index is 202. The Labute approximate surface area is 86.4 Å². The van der Waals surface area contributed by atoms with Crippen LogP contribution in [-0.2, 0) is 4.74 Å². The fourth-order valence-corrected chi connectivity index (χ4v) is 1.51. The van der Waals surface area contributed by atoms with Crippen LogP contribution >= 0.6 is 0 Å². The summed E-state index contributed by atoms with van der Waals surface area (Å²) >= 11 is 0. The maximum Gasteiger partial charge on any atom is 0.0684 e. The van der Waals surface area contributed by atoms with E-state index in [0.717, 1.165) is 32.7 Å². The van der Waals surface area contributed by atoms with Crippen LogP contribution in [0.5, 0.6) is 0 Å². The van der Waals surface area contributed by atoms with E-state index in [0.29, 0.717) is 5.92 Å². The van der Waals surface area contributed by atoms with E-state index in [9.17, 15) is 0 Å². The molecular weight excluding hydrogens is 176 g/mol. The summed E-state index contributed by atoms with van der Waals surface area (Å²) in [6, 6.07) is 2.31. The summed E-state index contributed by atoms with van der Waals surface area (Å²) in [5, 5.41) is 12.2. The summed E-state index contributed by atoms with van der Waals surface area (Å²) in [4.78, 5) is 0. The molecule has 0 aromatic heterocycles. The SMILES string of the molecule is CC(C)(C#N)CCNCC1CCOC1. The smallest absolute Gasteiger partial charge is 0.0684 e. The van der Waals surface area contributed by atoms with Crippen LogP contribution in [0.3, 0.4) is 0 Å². The van der Waals surface area contributed by atoms with Crippen molar-refractivity contribution in [2.24, 2.45) is 11.3 Å². The van der Waals surface area contributed by atoms with Gasteiger partial charge in [-0.1, -0.05) is 0 Å². The van der Waals surface area contributed by atoms with Gasteiger partial charge in [-0.15, -0.1) is 0 Å². The molecule has 1 atom stereocenters. The van der Waals surface area contributed by atoms with Crippen LogP contribution in [0.4, 0.5) is 0 Å². The first-order valence-corrected chi connectivity index (χ1v) is 5.34. The molecule has 1 rings (SSSR count). The predicted octanol–water partition coefficient (Wildman–Crippen LogP) is 1.55. The van der Waals surface area contributed by atoms with Gasteiger partial charge in [0.1, 0.15) is 0 Å². The van der Waals surface area contributed by atoms with E-state index < -0.39 is 0 Å². The van der Waals surface area contributed by atoms with Crippen molar-refractivity contribution in [1.29, 1.82) is 5.26 Å². The summed E-state index contributed by atoms with van der Waals surface area (Å²) < 4.78 is 5.28. The van der Waals surface area contributed by atoms with Gasteiger partial charge in [-0.2, -0.15) is 5.26 Å². The minimum absolute atomic E-state index is 0.195. The van der Waals surface area contributed by atoms with Gasteiger partial charge >= 0.3 is 0 Å². The van der Waals surface area contributed by atoms with Crippen molar-refractivity contribution in [3.63, 3.8) is 0 Å². The zero-order valence-electron chi connectivity index (χ0n) is 9.18. The predicted molar refractivity (Wildman–Crippen MR) is 55.8 cm³/mol. The molecule has 1 heterocycles. The van der Waals surface area contributed by atoms with Crippen molar-refractivity contribution in [3.05, 3.63) is 0 Å². The molecule has 0 saturated carbocycles. The Balaban J connectivity index is 2.02. The molecule has 0 amide bonds. The van der Waals surface area contributed by atoms with E-state index in [2.05, 4.69) is 11.4 Å². The van der Waals surface area contributed by atoms with Crippen LogP contribution < -0.4 is 5.32 Å². The molecule has 1 saturated heterocycles. The average molecular weight is 196 g/mol. The molecule has 1 N–H and O–H groups in total. The second kappa shape index (κ2) is 5.33. The van der Waals surface area contributed by atoms with E-state index in [4.69, 9.17) is 10.00 Å². The van der Waals surface area contributed by atoms with E-state index in [1.807, 2.05) is 13.8 Å². The van der Waals surface area contributed by atoms with Crippen LogP contribution in [0.25, 0.3) is 0 Å². The number of rotatable bonds is 5. The molecule has 3 nitrogen and oxygen atoms in total. The first-order chi connectivity index (χ1) is 6.64. The average Bonchev–Trinajstić information content (AvgIpc) is 2.65. The third kappa shape index (κ3) is 4.08. The topological polar surface area (TPSA) is 45.0 Å². The van der Waals surface area contributed by atoms with Crippen molar-refractivity contribution in [2.75, 3.05) is 26.3 Å². The fraction of sp³-hybridized carbons (Fsp3) is 0.909. The summed E-state index contributed by atoms with van der Waals surface area (Å²) in [6.07, 6.45) is 2.09. The van der Waals surface area contributed by atoms with Gasteiger partial charge < -0.3 is 10.1 Å². The van der Waals surface area contributed by atoms with Gasteiger partial charge in [0, 0.05) is 13.2 Å². The van der Waals surface area contributed by atoms with Crippen molar-refractivity contribution in [2.45, 2.75) is 26.7 Å². The quantitative estimate of drug-likeness (QED) is 0.679. The molecule has 0 aromatic rings. The van der Waals surface area contributed by atoms with E-state index in [1.165, 1.54) is 6.42 Å². The van der Waals surface area contributed by atoms with Gasteiger partial charge in [-0.05, 0) is 39.2 Å². The van der Waals surface area contributed by atoms with Crippen LogP contribution in [0.15, 0.2) is 0 Å². The molecule has 0 aliphatic carbocycles. The second-order valence-corrected chi connectivity index (χ2v) is 4.68. The third-order valence-corrected chi connectivity index (χ3v) is 2.69. The van der Waals surface area contributed by atoms with Gasteiger partial charge in [-0.25, -0.2) is 0 Å².